The minimum Gasteiger partial charge on any atom is -0.868 e. The van der Waals surface area contributed by atoms with E-state index in [0.717, 1.165) is 11.8 Å². The summed E-state index contributed by atoms with van der Waals surface area (Å²) in [6.07, 6.45) is 0. The van der Waals surface area contributed by atoms with Crippen LogP contribution in [0.2, 0.25) is 0 Å². The predicted molar refractivity (Wildman–Crippen MR) is 64.7 cm³/mol. The molecule has 0 spiro atoms. The van der Waals surface area contributed by atoms with Crippen LogP contribution in [0.5, 0.6) is 5.75 Å². The first-order valence-corrected chi connectivity index (χ1v) is 5.15. The largest absolute Gasteiger partial charge is 0.868 e. The van der Waals surface area contributed by atoms with Crippen LogP contribution in [-0.4, -0.2) is 4.92 Å². The van der Waals surface area contributed by atoms with Gasteiger partial charge in [-0.25, -0.2) is 4.98 Å². The van der Waals surface area contributed by atoms with E-state index in [4.69, 9.17) is 5.73 Å². The van der Waals surface area contributed by atoms with E-state index in [1.54, 1.807) is 0 Å². The van der Waals surface area contributed by atoms with Gasteiger partial charge in [0.05, 0.1) is 10.6 Å². The van der Waals surface area contributed by atoms with Crippen molar-refractivity contribution in [3.8, 4) is 5.75 Å². The average Bonchev–Trinajstić information content (AvgIpc) is 2.29. The molecule has 0 amide bonds. The van der Waals surface area contributed by atoms with Gasteiger partial charge in [-0.3, -0.25) is 15.8 Å². The van der Waals surface area contributed by atoms with Crippen molar-refractivity contribution in [3.05, 3.63) is 58.3 Å². The number of H-pyrrole nitrogens is 1. The molecule has 0 radical (unpaired) electrons. The summed E-state index contributed by atoms with van der Waals surface area (Å²) in [6, 6.07) is 11.0. The molecule has 6 heteroatoms. The zero-order chi connectivity index (χ0) is 13.5. The summed E-state index contributed by atoms with van der Waals surface area (Å²) in [5.41, 5.74) is 6.12. The van der Waals surface area contributed by atoms with Crippen molar-refractivity contribution in [2.24, 2.45) is 0 Å². The van der Waals surface area contributed by atoms with E-state index in [2.05, 4.69) is 4.98 Å². The molecule has 6 nitrogen and oxygen atoms in total. The molecule has 0 aliphatic carbocycles. The fourth-order valence-corrected chi connectivity index (χ4v) is 1.22. The fraction of sp³-hybridized carbons (Fsp3) is 0.0833. The second-order valence-electron chi connectivity index (χ2n) is 3.51. The first-order chi connectivity index (χ1) is 8.50. The van der Waals surface area contributed by atoms with Crippen molar-refractivity contribution in [2.45, 2.75) is 6.92 Å². The second kappa shape index (κ2) is 6.19. The Morgan fingerprint density at radius 2 is 1.83 bits per heavy atom. The van der Waals surface area contributed by atoms with Crippen molar-refractivity contribution in [1.82, 2.24) is 0 Å². The number of nitrogens with two attached hydrogens (primary N) is 1. The number of rotatable bonds is 1. The molecule has 1 heterocycles. The fourth-order valence-electron chi connectivity index (χ4n) is 1.22. The van der Waals surface area contributed by atoms with Crippen LogP contribution in [-0.2, 0) is 0 Å². The lowest BCUT2D eigenvalue weighted by atomic mass is 10.3. The maximum Gasteiger partial charge on any atom is 0.270 e. The van der Waals surface area contributed by atoms with Gasteiger partial charge in [0.2, 0.25) is 0 Å². The number of benzene rings is 1. The summed E-state index contributed by atoms with van der Waals surface area (Å²) < 4.78 is 0. The van der Waals surface area contributed by atoms with Gasteiger partial charge in [-0.1, -0.05) is 24.3 Å². The van der Waals surface area contributed by atoms with E-state index >= 15 is 0 Å². The highest BCUT2D eigenvalue weighted by Crippen LogP contribution is 2.20. The van der Waals surface area contributed by atoms with Crippen molar-refractivity contribution >= 4 is 11.5 Å². The molecule has 2 aromatic rings. The third-order valence-electron chi connectivity index (χ3n) is 2.03. The van der Waals surface area contributed by atoms with Crippen LogP contribution in [0.25, 0.3) is 0 Å². The molecule has 94 valence electrons. The van der Waals surface area contributed by atoms with E-state index in [0.29, 0.717) is 5.82 Å². The maximum atomic E-state index is 10.6. The Labute approximate surface area is 104 Å². The van der Waals surface area contributed by atoms with Gasteiger partial charge in [0.25, 0.3) is 11.5 Å². The lowest BCUT2D eigenvalue weighted by Gasteiger charge is -2.02. The van der Waals surface area contributed by atoms with Crippen molar-refractivity contribution in [2.75, 3.05) is 5.73 Å². The van der Waals surface area contributed by atoms with Gasteiger partial charge in [-0.2, -0.15) is 0 Å². The lowest BCUT2D eigenvalue weighted by Crippen LogP contribution is -2.12. The Hall–Kier alpha value is -2.63. The summed E-state index contributed by atoms with van der Waals surface area (Å²) in [6.45, 7) is 1.97. The number of anilines is 1. The summed E-state index contributed by atoms with van der Waals surface area (Å²) >= 11 is 0. The predicted octanol–water partition coefficient (Wildman–Crippen LogP) is 1.06. The van der Waals surface area contributed by atoms with Crippen LogP contribution >= 0.6 is 0 Å². The zero-order valence-electron chi connectivity index (χ0n) is 9.79. The maximum absolute atomic E-state index is 10.6. The monoisotopic (exact) mass is 247 g/mol. The van der Waals surface area contributed by atoms with E-state index in [-0.39, 0.29) is 5.69 Å². The van der Waals surface area contributed by atoms with Crippen LogP contribution < -0.4 is 15.8 Å². The van der Waals surface area contributed by atoms with Crippen LogP contribution in [0.1, 0.15) is 5.69 Å². The Morgan fingerprint density at radius 1 is 1.17 bits per heavy atom. The van der Waals surface area contributed by atoms with Crippen molar-refractivity contribution in [1.29, 1.82) is 0 Å². The number of nitrogens with one attached hydrogen (secondary N) is 1. The Morgan fingerprint density at radius 3 is 2.22 bits per heavy atom. The number of nitrogen functional groups attached to an aromatic ring is 1. The van der Waals surface area contributed by atoms with Gasteiger partial charge in [-0.15, -0.1) is 0 Å². The van der Waals surface area contributed by atoms with E-state index in [1.165, 1.54) is 18.2 Å². The lowest BCUT2D eigenvalue weighted by molar-refractivity contribution is -0.398. The Bertz CT molecular complexity index is 526. The van der Waals surface area contributed by atoms with Gasteiger partial charge in [0.1, 0.15) is 0 Å². The standard InChI is InChI=1S/C6H8N2.C6H5NO3/c1-5-3-2-4-6(7)8-5;8-6-4-2-1-3-5(6)7(9)10/h2-4H,1H3,(H2,7,8);1-4,8H. The zero-order valence-corrected chi connectivity index (χ0v) is 9.79. The van der Waals surface area contributed by atoms with Gasteiger partial charge in [0, 0.05) is 12.1 Å². The van der Waals surface area contributed by atoms with E-state index in [9.17, 15) is 15.2 Å². The highest BCUT2D eigenvalue weighted by atomic mass is 16.6. The number of para-hydroxylation sites is 2. The van der Waals surface area contributed by atoms with Crippen LogP contribution in [0.3, 0.4) is 0 Å². The van der Waals surface area contributed by atoms with Crippen molar-refractivity contribution in [3.63, 3.8) is 0 Å². The smallest absolute Gasteiger partial charge is 0.270 e. The molecule has 0 saturated heterocycles. The third-order valence-corrected chi connectivity index (χ3v) is 2.03. The molecule has 0 atom stereocenters. The molecule has 0 aliphatic rings. The summed E-state index contributed by atoms with van der Waals surface area (Å²) in [5.74, 6) is 0.164. The van der Waals surface area contributed by atoms with E-state index in [1.807, 2.05) is 25.1 Å². The number of nitrogens with zero attached hydrogens (tertiary/aromatic N) is 1. The SMILES string of the molecule is Cc1cccc(N)[nH+]1.O=[N+]([O-])c1ccccc1[O-]. The molecule has 2 rings (SSSR count). The number of nitro benzene ring substituents is 1. The summed E-state index contributed by atoms with van der Waals surface area (Å²) in [7, 11) is 0. The molecule has 0 aliphatic heterocycles. The topological polar surface area (TPSA) is 106 Å². The first kappa shape index (κ1) is 13.4. The minimum absolute atomic E-state index is 0.373. The molecule has 3 N–H and O–H groups in total. The third kappa shape index (κ3) is 4.09. The minimum atomic E-state index is -0.692. The molecule has 0 unspecified atom stereocenters. The average molecular weight is 247 g/mol. The highest BCUT2D eigenvalue weighted by Gasteiger charge is 2.02. The highest BCUT2D eigenvalue weighted by molar-refractivity contribution is 5.43. The number of aryl methyl sites for hydroxylation is 1. The molecule has 0 bridgehead atoms. The molecule has 1 aromatic heterocycles. The van der Waals surface area contributed by atoms with Gasteiger partial charge >= 0.3 is 0 Å². The summed E-state index contributed by atoms with van der Waals surface area (Å²) in [4.78, 5) is 12.3. The number of nitro groups is 1. The molecule has 0 saturated carbocycles. The van der Waals surface area contributed by atoms with Gasteiger partial charge in [-0.05, 0) is 18.7 Å². The van der Waals surface area contributed by atoms with Crippen molar-refractivity contribution < 1.29 is 15.0 Å². The Balaban J connectivity index is 0.000000184. The van der Waals surface area contributed by atoms with Gasteiger partial charge < -0.3 is 5.11 Å². The number of hydrogen-bond donors (Lipinski definition) is 1. The molecule has 1 aromatic carbocycles. The molecule has 0 fully saturated rings. The van der Waals surface area contributed by atoms with Gasteiger partial charge in [0.15, 0.2) is 0 Å². The number of pyridine rings is 1. The normalized spacial score (nSPS) is 9.17. The molecule has 18 heavy (non-hydrogen) atoms. The first-order valence-electron chi connectivity index (χ1n) is 5.15. The molecular weight excluding hydrogens is 234 g/mol. The Kier molecular flexibility index (Phi) is 4.62. The number of aromatic nitrogens is 1. The van der Waals surface area contributed by atoms with Crippen LogP contribution in [0.4, 0.5) is 11.5 Å². The number of hydrogen-bond acceptors (Lipinski definition) is 4. The van der Waals surface area contributed by atoms with E-state index < -0.39 is 10.7 Å². The molecular formula is C12H13N3O3. The number of aromatic amines is 1. The summed E-state index contributed by atoms with van der Waals surface area (Å²) in [5, 5.41) is 20.6. The second-order valence-corrected chi connectivity index (χ2v) is 3.51. The van der Waals surface area contributed by atoms with Crippen LogP contribution in [0, 0.1) is 17.0 Å². The quantitative estimate of drug-likeness (QED) is 0.600. The van der Waals surface area contributed by atoms with Crippen LogP contribution in [0.15, 0.2) is 42.5 Å².